The largest absolute Gasteiger partial charge is 0.436 e. The number of amides is 3. The number of fused-ring (bicyclic) bond motifs is 2. The van der Waals surface area contributed by atoms with Gasteiger partial charge < -0.3 is 9.73 Å². The van der Waals surface area contributed by atoms with Crippen LogP contribution in [0.15, 0.2) is 69.6 Å². The number of imide groups is 1. The van der Waals surface area contributed by atoms with Crippen LogP contribution >= 0.6 is 15.9 Å². The van der Waals surface area contributed by atoms with Gasteiger partial charge in [-0.25, -0.2) is 4.98 Å². The van der Waals surface area contributed by atoms with Crippen molar-refractivity contribution in [2.24, 2.45) is 0 Å². The van der Waals surface area contributed by atoms with Crippen molar-refractivity contribution in [3.8, 4) is 11.5 Å². The number of carbonyl (C=O) groups excluding carboxylic acids is 3. The van der Waals surface area contributed by atoms with E-state index in [4.69, 9.17) is 4.42 Å². The van der Waals surface area contributed by atoms with Gasteiger partial charge in [0.15, 0.2) is 5.58 Å². The number of anilines is 1. The maximum absolute atomic E-state index is 12.7. The maximum atomic E-state index is 12.7. The summed E-state index contributed by atoms with van der Waals surface area (Å²) < 4.78 is 6.60. The maximum Gasteiger partial charge on any atom is 0.261 e. The zero-order chi connectivity index (χ0) is 23.1. The SMILES string of the molecule is Cc1ccc2oc(-c3ccccc3NC(=O)CCN3C(=O)c4ccc(Br)cc4C3=O)nc2c1. The minimum Gasteiger partial charge on any atom is -0.436 e. The summed E-state index contributed by atoms with van der Waals surface area (Å²) >= 11 is 3.31. The number of hydrogen-bond acceptors (Lipinski definition) is 5. The van der Waals surface area contributed by atoms with Crippen molar-refractivity contribution in [3.63, 3.8) is 0 Å². The van der Waals surface area contributed by atoms with Gasteiger partial charge in [0, 0.05) is 17.4 Å². The van der Waals surface area contributed by atoms with Crippen molar-refractivity contribution < 1.29 is 18.8 Å². The Labute approximate surface area is 197 Å². The number of hydrogen-bond donors (Lipinski definition) is 1. The molecule has 0 fully saturated rings. The van der Waals surface area contributed by atoms with E-state index in [1.165, 1.54) is 0 Å². The fraction of sp³-hybridized carbons (Fsp3) is 0.120. The Balaban J connectivity index is 1.31. The van der Waals surface area contributed by atoms with Crippen LogP contribution in [0.4, 0.5) is 5.69 Å². The molecule has 0 unspecified atom stereocenters. The average molecular weight is 504 g/mol. The second-order valence-corrected chi connectivity index (χ2v) is 8.70. The first-order valence-corrected chi connectivity index (χ1v) is 11.1. The number of aryl methyl sites for hydroxylation is 1. The molecule has 1 N–H and O–H groups in total. The molecular weight excluding hydrogens is 486 g/mol. The minimum atomic E-state index is -0.397. The van der Waals surface area contributed by atoms with E-state index >= 15 is 0 Å². The Morgan fingerprint density at radius 3 is 2.64 bits per heavy atom. The quantitative estimate of drug-likeness (QED) is 0.378. The van der Waals surface area contributed by atoms with Crippen molar-refractivity contribution in [1.29, 1.82) is 0 Å². The zero-order valence-electron chi connectivity index (χ0n) is 17.6. The monoisotopic (exact) mass is 503 g/mol. The van der Waals surface area contributed by atoms with Crippen LogP contribution in [0.3, 0.4) is 0 Å². The van der Waals surface area contributed by atoms with E-state index in [0.717, 1.165) is 16.0 Å². The molecule has 0 saturated heterocycles. The third kappa shape index (κ3) is 3.93. The molecule has 0 bridgehead atoms. The number of nitrogens with zero attached hydrogens (tertiary/aromatic N) is 2. The topological polar surface area (TPSA) is 92.5 Å². The van der Waals surface area contributed by atoms with E-state index in [2.05, 4.69) is 26.2 Å². The third-order valence-electron chi connectivity index (χ3n) is 5.47. The Kier molecular flexibility index (Phi) is 5.30. The van der Waals surface area contributed by atoms with Gasteiger partial charge in [0.25, 0.3) is 11.8 Å². The highest BCUT2D eigenvalue weighted by Crippen LogP contribution is 2.31. The van der Waals surface area contributed by atoms with Crippen LogP contribution in [0.1, 0.15) is 32.7 Å². The number of benzene rings is 3. The number of para-hydroxylation sites is 1. The molecule has 0 spiro atoms. The molecule has 0 atom stereocenters. The van der Waals surface area contributed by atoms with Gasteiger partial charge in [-0.1, -0.05) is 34.1 Å². The summed E-state index contributed by atoms with van der Waals surface area (Å²) in [4.78, 5) is 43.5. The molecule has 3 aromatic carbocycles. The van der Waals surface area contributed by atoms with E-state index in [-0.39, 0.29) is 18.9 Å². The van der Waals surface area contributed by atoms with Gasteiger partial charge in [0.2, 0.25) is 11.8 Å². The highest BCUT2D eigenvalue weighted by atomic mass is 79.9. The number of rotatable bonds is 5. The van der Waals surface area contributed by atoms with E-state index in [1.54, 1.807) is 30.3 Å². The molecule has 164 valence electrons. The predicted octanol–water partition coefficient (Wildman–Crippen LogP) is 5.19. The van der Waals surface area contributed by atoms with Crippen LogP contribution in [-0.4, -0.2) is 34.2 Å². The van der Waals surface area contributed by atoms with Crippen molar-refractivity contribution in [2.75, 3.05) is 11.9 Å². The van der Waals surface area contributed by atoms with Crippen LogP contribution in [0.2, 0.25) is 0 Å². The summed E-state index contributed by atoms with van der Waals surface area (Å²) in [5.74, 6) is -0.715. The Bertz CT molecular complexity index is 1440. The minimum absolute atomic E-state index is 0.0138. The molecule has 8 heteroatoms. The molecule has 5 rings (SSSR count). The first-order valence-electron chi connectivity index (χ1n) is 10.3. The standard InChI is InChI=1S/C25H18BrN3O4/c1-14-6-9-21-20(12-14)28-23(33-21)17-4-2-3-5-19(17)27-22(30)10-11-29-24(31)16-8-7-15(26)13-18(16)25(29)32/h2-9,12-13H,10-11H2,1H3,(H,27,30). The predicted molar refractivity (Wildman–Crippen MR) is 127 cm³/mol. The lowest BCUT2D eigenvalue weighted by atomic mass is 10.1. The molecule has 7 nitrogen and oxygen atoms in total. The van der Waals surface area contributed by atoms with Crippen molar-refractivity contribution in [3.05, 3.63) is 81.8 Å². The van der Waals surface area contributed by atoms with Crippen LogP contribution in [0.5, 0.6) is 0 Å². The highest BCUT2D eigenvalue weighted by molar-refractivity contribution is 9.10. The van der Waals surface area contributed by atoms with Crippen LogP contribution in [0, 0.1) is 6.92 Å². The van der Waals surface area contributed by atoms with E-state index in [1.807, 2.05) is 37.3 Å². The fourth-order valence-corrected chi connectivity index (χ4v) is 4.18. The number of oxazole rings is 1. The summed E-state index contributed by atoms with van der Waals surface area (Å²) in [7, 11) is 0. The van der Waals surface area contributed by atoms with Gasteiger partial charge in [-0.05, 0) is 55.0 Å². The molecule has 2 heterocycles. The lowest BCUT2D eigenvalue weighted by molar-refractivity contribution is -0.116. The first-order chi connectivity index (χ1) is 15.9. The number of halogens is 1. The Morgan fingerprint density at radius 1 is 1.00 bits per heavy atom. The van der Waals surface area contributed by atoms with Gasteiger partial charge >= 0.3 is 0 Å². The molecule has 0 radical (unpaired) electrons. The summed E-state index contributed by atoms with van der Waals surface area (Å²) in [6.45, 7) is 1.97. The van der Waals surface area contributed by atoms with E-state index in [9.17, 15) is 14.4 Å². The lowest BCUT2D eigenvalue weighted by Gasteiger charge is -2.14. The molecule has 1 aliphatic rings. The average Bonchev–Trinajstić information content (AvgIpc) is 3.31. The van der Waals surface area contributed by atoms with Crippen LogP contribution in [-0.2, 0) is 4.79 Å². The van der Waals surface area contributed by atoms with Crippen LogP contribution < -0.4 is 5.32 Å². The van der Waals surface area contributed by atoms with Crippen molar-refractivity contribution in [2.45, 2.75) is 13.3 Å². The number of aromatic nitrogens is 1. The molecular formula is C25H18BrN3O4. The molecule has 33 heavy (non-hydrogen) atoms. The summed E-state index contributed by atoms with van der Waals surface area (Å²) in [5, 5.41) is 2.85. The fourth-order valence-electron chi connectivity index (χ4n) is 3.82. The highest BCUT2D eigenvalue weighted by Gasteiger charge is 2.35. The van der Waals surface area contributed by atoms with Crippen molar-refractivity contribution >= 4 is 50.4 Å². The number of carbonyl (C=O) groups is 3. The molecule has 0 saturated carbocycles. The van der Waals surface area contributed by atoms with Gasteiger partial charge in [-0.3, -0.25) is 19.3 Å². The smallest absolute Gasteiger partial charge is 0.261 e. The van der Waals surface area contributed by atoms with Crippen LogP contribution in [0.25, 0.3) is 22.6 Å². The first kappa shape index (κ1) is 21.1. The summed E-state index contributed by atoms with van der Waals surface area (Å²) in [5.41, 5.74) is 4.34. The van der Waals surface area contributed by atoms with E-state index < -0.39 is 11.8 Å². The number of nitrogens with one attached hydrogen (secondary N) is 1. The summed E-state index contributed by atoms with van der Waals surface area (Å²) in [6.07, 6.45) is -0.0340. The molecule has 1 aromatic heterocycles. The zero-order valence-corrected chi connectivity index (χ0v) is 19.2. The van der Waals surface area contributed by atoms with E-state index in [0.29, 0.717) is 38.3 Å². The van der Waals surface area contributed by atoms with Gasteiger partial charge in [-0.15, -0.1) is 0 Å². The molecule has 3 amide bonds. The molecule has 0 aliphatic carbocycles. The summed E-state index contributed by atoms with van der Waals surface area (Å²) in [6, 6.07) is 17.9. The normalized spacial score (nSPS) is 13.0. The second-order valence-electron chi connectivity index (χ2n) is 7.79. The lowest BCUT2D eigenvalue weighted by Crippen LogP contribution is -2.32. The van der Waals surface area contributed by atoms with Crippen molar-refractivity contribution in [1.82, 2.24) is 9.88 Å². The molecule has 1 aliphatic heterocycles. The molecule has 4 aromatic rings. The Hall–Kier alpha value is -3.78. The Morgan fingerprint density at radius 2 is 1.79 bits per heavy atom. The second kappa shape index (κ2) is 8.29. The third-order valence-corrected chi connectivity index (χ3v) is 5.96. The van der Waals surface area contributed by atoms with Gasteiger partial charge in [0.05, 0.1) is 22.4 Å². The van der Waals surface area contributed by atoms with Gasteiger partial charge in [-0.2, -0.15) is 0 Å². The van der Waals surface area contributed by atoms with Gasteiger partial charge in [0.1, 0.15) is 5.52 Å².